The summed E-state index contributed by atoms with van der Waals surface area (Å²) in [5.74, 6) is 0.585. The van der Waals surface area contributed by atoms with Crippen molar-refractivity contribution in [2.24, 2.45) is 0 Å². The molecule has 3 N–H and O–H groups in total. The van der Waals surface area contributed by atoms with Gasteiger partial charge in [0.2, 0.25) is 5.91 Å². The van der Waals surface area contributed by atoms with Crippen LogP contribution in [0.3, 0.4) is 0 Å². The Bertz CT molecular complexity index is 790. The number of H-pyrrole nitrogens is 2. The van der Waals surface area contributed by atoms with Crippen LogP contribution >= 0.6 is 12.2 Å². The second kappa shape index (κ2) is 5.25. The molecule has 102 valence electrons. The average Bonchev–Trinajstić information content (AvgIpc) is 3.04. The van der Waals surface area contributed by atoms with Crippen molar-refractivity contribution in [1.29, 1.82) is 0 Å². The summed E-state index contributed by atoms with van der Waals surface area (Å²) in [5, 5.41) is 9.24. The first-order chi connectivity index (χ1) is 9.70. The lowest BCUT2D eigenvalue weighted by molar-refractivity contribution is -0.116. The Morgan fingerprint density at radius 3 is 3.15 bits per heavy atom. The maximum Gasteiger partial charge on any atom is 0.266 e. The zero-order valence-electron chi connectivity index (χ0n) is 10.3. The van der Waals surface area contributed by atoms with Crippen molar-refractivity contribution in [1.82, 2.24) is 20.2 Å². The van der Waals surface area contributed by atoms with E-state index in [2.05, 4.69) is 25.5 Å². The molecule has 0 saturated carbocycles. The number of nitrogens with zero attached hydrogens (tertiary/aromatic N) is 2. The molecule has 20 heavy (non-hydrogen) atoms. The van der Waals surface area contributed by atoms with Crippen molar-refractivity contribution < 1.29 is 9.21 Å². The summed E-state index contributed by atoms with van der Waals surface area (Å²) in [4.78, 5) is 19.0. The maximum absolute atomic E-state index is 11.8. The van der Waals surface area contributed by atoms with Crippen molar-refractivity contribution in [2.45, 2.75) is 12.8 Å². The predicted molar refractivity (Wildman–Crippen MR) is 74.7 cm³/mol. The van der Waals surface area contributed by atoms with Gasteiger partial charge in [-0.3, -0.25) is 9.89 Å². The Morgan fingerprint density at radius 1 is 1.45 bits per heavy atom. The Labute approximate surface area is 118 Å². The molecule has 0 aliphatic carbocycles. The summed E-state index contributed by atoms with van der Waals surface area (Å²) in [7, 11) is 0. The second-order valence-corrected chi connectivity index (χ2v) is 4.58. The number of carbonyl (C=O) groups excluding carboxylic acids is 1. The molecule has 3 rings (SSSR count). The first kappa shape index (κ1) is 12.5. The maximum atomic E-state index is 11.8. The monoisotopic (exact) mass is 289 g/mol. The number of fused-ring (bicyclic) bond motifs is 1. The minimum atomic E-state index is -0.102. The average molecular weight is 289 g/mol. The molecule has 0 aliphatic heterocycles. The lowest BCUT2D eigenvalue weighted by atomic mass is 10.2. The van der Waals surface area contributed by atoms with E-state index in [4.69, 9.17) is 16.6 Å². The summed E-state index contributed by atoms with van der Waals surface area (Å²) in [6, 6.07) is 5.32. The highest BCUT2D eigenvalue weighted by atomic mass is 32.1. The van der Waals surface area contributed by atoms with Crippen LogP contribution in [0.1, 0.15) is 12.2 Å². The molecule has 2 heterocycles. The van der Waals surface area contributed by atoms with Crippen LogP contribution in [0.5, 0.6) is 0 Å². The number of rotatable bonds is 4. The van der Waals surface area contributed by atoms with E-state index >= 15 is 0 Å². The van der Waals surface area contributed by atoms with E-state index in [1.54, 1.807) is 18.2 Å². The fourth-order valence-corrected chi connectivity index (χ4v) is 2.03. The largest absolute Gasteiger partial charge is 0.429 e. The third-order valence-electron chi connectivity index (χ3n) is 2.76. The van der Waals surface area contributed by atoms with Crippen molar-refractivity contribution in [3.63, 3.8) is 0 Å². The first-order valence-electron chi connectivity index (χ1n) is 5.98. The third kappa shape index (κ3) is 2.75. The van der Waals surface area contributed by atoms with Crippen LogP contribution in [0.4, 0.5) is 5.69 Å². The van der Waals surface area contributed by atoms with Crippen LogP contribution in [0.2, 0.25) is 0 Å². The molecule has 0 fully saturated rings. The van der Waals surface area contributed by atoms with E-state index in [0.29, 0.717) is 34.8 Å². The van der Waals surface area contributed by atoms with Gasteiger partial charge >= 0.3 is 0 Å². The van der Waals surface area contributed by atoms with Crippen molar-refractivity contribution >= 4 is 34.9 Å². The first-order valence-corrected chi connectivity index (χ1v) is 6.38. The van der Waals surface area contributed by atoms with E-state index in [0.717, 1.165) is 5.52 Å². The smallest absolute Gasteiger partial charge is 0.266 e. The SMILES string of the molecule is O=C(CCc1ncn[nH]1)Nc1ccc2[nH]c(=S)oc2c1. The van der Waals surface area contributed by atoms with Crippen LogP contribution in [0.25, 0.3) is 11.1 Å². The highest BCUT2D eigenvalue weighted by Gasteiger charge is 2.06. The van der Waals surface area contributed by atoms with Gasteiger partial charge in [-0.25, -0.2) is 4.98 Å². The lowest BCUT2D eigenvalue weighted by Gasteiger charge is -2.03. The molecule has 3 aromatic rings. The number of carbonyl (C=O) groups is 1. The quantitative estimate of drug-likeness (QED) is 0.639. The molecule has 0 atom stereocenters. The van der Waals surface area contributed by atoms with E-state index in [-0.39, 0.29) is 5.91 Å². The van der Waals surface area contributed by atoms with E-state index in [1.165, 1.54) is 6.33 Å². The Morgan fingerprint density at radius 2 is 2.35 bits per heavy atom. The number of oxazole rings is 1. The zero-order chi connectivity index (χ0) is 13.9. The highest BCUT2D eigenvalue weighted by molar-refractivity contribution is 7.71. The topological polar surface area (TPSA) is 99.6 Å². The van der Waals surface area contributed by atoms with Crippen LogP contribution < -0.4 is 5.32 Å². The second-order valence-electron chi connectivity index (χ2n) is 4.21. The fraction of sp³-hybridized carbons (Fsp3) is 0.167. The summed E-state index contributed by atoms with van der Waals surface area (Å²) in [6.07, 6.45) is 2.25. The number of nitrogens with one attached hydrogen (secondary N) is 3. The summed E-state index contributed by atoms with van der Waals surface area (Å²) in [5.41, 5.74) is 2.08. The van der Waals surface area contributed by atoms with E-state index in [9.17, 15) is 4.79 Å². The number of amides is 1. The molecule has 1 amide bonds. The van der Waals surface area contributed by atoms with Gasteiger partial charge in [0.1, 0.15) is 12.2 Å². The molecule has 0 aliphatic rings. The minimum absolute atomic E-state index is 0.102. The minimum Gasteiger partial charge on any atom is -0.429 e. The number of aromatic nitrogens is 4. The Hall–Kier alpha value is -2.48. The third-order valence-corrected chi connectivity index (χ3v) is 2.94. The number of anilines is 1. The molecule has 8 heteroatoms. The van der Waals surface area contributed by atoms with E-state index < -0.39 is 0 Å². The molecule has 2 aromatic heterocycles. The zero-order valence-corrected chi connectivity index (χ0v) is 11.2. The molecular weight excluding hydrogens is 278 g/mol. The number of hydrogen-bond donors (Lipinski definition) is 3. The van der Waals surface area contributed by atoms with Crippen LogP contribution in [-0.2, 0) is 11.2 Å². The summed E-state index contributed by atoms with van der Waals surface area (Å²) in [6.45, 7) is 0. The molecular formula is C12H11N5O2S. The van der Waals surface area contributed by atoms with Gasteiger partial charge in [-0.1, -0.05) is 0 Å². The van der Waals surface area contributed by atoms with Crippen molar-refractivity contribution in [3.05, 3.63) is 35.2 Å². The standard InChI is InChI=1S/C12H11N5O2S/c18-11(4-3-10-13-6-14-17-10)15-7-1-2-8-9(5-7)19-12(20)16-8/h1-2,5-6H,3-4H2,(H,15,18)(H,16,20)(H,13,14,17). The van der Waals surface area contributed by atoms with Gasteiger partial charge in [-0.15, -0.1) is 0 Å². The number of aromatic amines is 2. The highest BCUT2D eigenvalue weighted by Crippen LogP contribution is 2.18. The van der Waals surface area contributed by atoms with Crippen LogP contribution in [0.15, 0.2) is 28.9 Å². The lowest BCUT2D eigenvalue weighted by Crippen LogP contribution is -2.12. The van der Waals surface area contributed by atoms with Gasteiger partial charge in [0.05, 0.1) is 5.52 Å². The van der Waals surface area contributed by atoms with Gasteiger partial charge in [0.25, 0.3) is 4.84 Å². The van der Waals surface area contributed by atoms with Crippen molar-refractivity contribution in [2.75, 3.05) is 5.32 Å². The van der Waals surface area contributed by atoms with E-state index in [1.807, 2.05) is 0 Å². The number of hydrogen-bond acceptors (Lipinski definition) is 5. The normalized spacial score (nSPS) is 10.8. The summed E-state index contributed by atoms with van der Waals surface area (Å²) >= 11 is 4.91. The van der Waals surface area contributed by atoms with Crippen LogP contribution in [-0.4, -0.2) is 26.1 Å². The van der Waals surface area contributed by atoms with Gasteiger partial charge < -0.3 is 14.7 Å². The molecule has 1 aromatic carbocycles. The number of aryl methyl sites for hydroxylation is 1. The molecule has 0 unspecified atom stereocenters. The van der Waals surface area contributed by atoms with Gasteiger partial charge in [0, 0.05) is 24.6 Å². The Kier molecular flexibility index (Phi) is 3.30. The molecule has 7 nitrogen and oxygen atoms in total. The van der Waals surface area contributed by atoms with Gasteiger partial charge in [0.15, 0.2) is 5.58 Å². The van der Waals surface area contributed by atoms with Gasteiger partial charge in [-0.2, -0.15) is 5.10 Å². The van der Waals surface area contributed by atoms with Crippen molar-refractivity contribution in [3.8, 4) is 0 Å². The van der Waals surface area contributed by atoms with Crippen LogP contribution in [0, 0.1) is 4.84 Å². The molecule has 0 saturated heterocycles. The summed E-state index contributed by atoms with van der Waals surface area (Å²) < 4.78 is 5.29. The predicted octanol–water partition coefficient (Wildman–Crippen LogP) is 2.18. The Balaban J connectivity index is 1.66. The number of benzene rings is 1. The fourth-order valence-electron chi connectivity index (χ4n) is 1.83. The molecule has 0 bridgehead atoms. The molecule has 0 spiro atoms. The van der Waals surface area contributed by atoms with Gasteiger partial charge in [-0.05, 0) is 24.4 Å². The molecule has 0 radical (unpaired) electrons.